The summed E-state index contributed by atoms with van der Waals surface area (Å²) in [5.74, 6) is -1.21. The lowest BCUT2D eigenvalue weighted by Gasteiger charge is -2.33. The highest BCUT2D eigenvalue weighted by molar-refractivity contribution is 6.04. The van der Waals surface area contributed by atoms with E-state index in [1.54, 1.807) is 36.4 Å². The smallest absolute Gasteiger partial charge is 0.250 e. The van der Waals surface area contributed by atoms with Gasteiger partial charge in [0.15, 0.2) is 0 Å². The average molecular weight is 354 g/mol. The number of carbonyl (C=O) groups is 1. The maximum atomic E-state index is 14.8. The summed E-state index contributed by atoms with van der Waals surface area (Å²) in [6.45, 7) is 1.39. The Morgan fingerprint density at radius 3 is 2.69 bits per heavy atom. The molecule has 1 amide bonds. The van der Waals surface area contributed by atoms with Crippen molar-refractivity contribution in [3.8, 4) is 5.69 Å². The van der Waals surface area contributed by atoms with Crippen molar-refractivity contribution in [2.24, 2.45) is 5.73 Å². The molecule has 26 heavy (non-hydrogen) atoms. The van der Waals surface area contributed by atoms with E-state index in [9.17, 15) is 14.3 Å². The first kappa shape index (κ1) is 16.7. The molecular weight excluding hydrogens is 335 g/mol. The fraction of sp³-hybridized carbons (Fsp3) is 0.263. The van der Waals surface area contributed by atoms with Gasteiger partial charge in [-0.25, -0.2) is 4.68 Å². The monoisotopic (exact) mass is 354 g/mol. The zero-order valence-electron chi connectivity index (χ0n) is 14.1. The number of rotatable bonds is 3. The standard InChI is InChI=1S/C19H19FN4O2/c20-17-14-3-1-4-15(18(21)25)16(14)23-24(17)13-7-5-12(6-8-13)19(26)9-2-10-22-11-19/h1,3-8,22,26H,2,9-11H2,(H2,21,25). The van der Waals surface area contributed by atoms with Gasteiger partial charge in [0.2, 0.25) is 5.95 Å². The molecule has 3 aromatic rings. The third kappa shape index (κ3) is 2.65. The fourth-order valence-electron chi connectivity index (χ4n) is 3.49. The highest BCUT2D eigenvalue weighted by Crippen LogP contribution is 2.29. The summed E-state index contributed by atoms with van der Waals surface area (Å²) in [7, 11) is 0. The Bertz CT molecular complexity index is 975. The normalized spacial score (nSPS) is 20.4. The van der Waals surface area contributed by atoms with Crippen LogP contribution in [0.4, 0.5) is 4.39 Å². The number of hydrogen-bond acceptors (Lipinski definition) is 4. The molecule has 4 N–H and O–H groups in total. The van der Waals surface area contributed by atoms with Crippen LogP contribution in [0.2, 0.25) is 0 Å². The van der Waals surface area contributed by atoms with Gasteiger partial charge >= 0.3 is 0 Å². The Balaban J connectivity index is 1.75. The summed E-state index contributed by atoms with van der Waals surface area (Å²) in [5, 5.41) is 18.4. The largest absolute Gasteiger partial charge is 0.384 e. The Labute approximate surface area is 149 Å². The minimum absolute atomic E-state index is 0.180. The van der Waals surface area contributed by atoms with Crippen molar-refractivity contribution in [1.82, 2.24) is 15.1 Å². The number of benzene rings is 2. The molecule has 2 aromatic carbocycles. The van der Waals surface area contributed by atoms with Gasteiger partial charge in [0, 0.05) is 6.54 Å². The number of nitrogens with zero attached hydrogens (tertiary/aromatic N) is 2. The molecule has 0 aliphatic carbocycles. The summed E-state index contributed by atoms with van der Waals surface area (Å²) >= 11 is 0. The summed E-state index contributed by atoms with van der Waals surface area (Å²) in [4.78, 5) is 11.5. The van der Waals surface area contributed by atoms with Crippen molar-refractivity contribution in [3.63, 3.8) is 0 Å². The van der Waals surface area contributed by atoms with Crippen LogP contribution >= 0.6 is 0 Å². The predicted octanol–water partition coefficient (Wildman–Crippen LogP) is 1.83. The topological polar surface area (TPSA) is 93.2 Å². The highest BCUT2D eigenvalue weighted by Gasteiger charge is 2.31. The fourth-order valence-corrected chi connectivity index (χ4v) is 3.49. The minimum atomic E-state index is -0.913. The van der Waals surface area contributed by atoms with Crippen molar-refractivity contribution in [3.05, 3.63) is 59.5 Å². The van der Waals surface area contributed by atoms with Crippen LogP contribution in [0.5, 0.6) is 0 Å². The third-order valence-electron chi connectivity index (χ3n) is 4.92. The molecular formula is C19H19FN4O2. The number of primary amides is 1. The summed E-state index contributed by atoms with van der Waals surface area (Å²) in [6, 6.07) is 11.6. The molecule has 7 heteroatoms. The van der Waals surface area contributed by atoms with E-state index in [-0.39, 0.29) is 16.5 Å². The first-order valence-corrected chi connectivity index (χ1v) is 8.51. The second kappa shape index (κ2) is 6.19. The number of β-amino-alcohol motifs (C(OH)–C–C–N with tert-alkyl or cyclic N) is 1. The van der Waals surface area contributed by atoms with Gasteiger partial charge < -0.3 is 16.2 Å². The molecule has 0 saturated carbocycles. The average Bonchev–Trinajstić information content (AvgIpc) is 2.99. The third-order valence-corrected chi connectivity index (χ3v) is 4.92. The maximum Gasteiger partial charge on any atom is 0.250 e. The molecule has 0 radical (unpaired) electrons. The van der Waals surface area contributed by atoms with Crippen molar-refractivity contribution >= 4 is 16.8 Å². The molecule has 134 valence electrons. The van der Waals surface area contributed by atoms with E-state index in [0.717, 1.165) is 23.2 Å². The number of nitrogens with two attached hydrogens (primary N) is 1. The van der Waals surface area contributed by atoms with E-state index in [0.29, 0.717) is 18.7 Å². The zero-order chi connectivity index (χ0) is 18.3. The first-order chi connectivity index (χ1) is 12.5. The van der Waals surface area contributed by atoms with E-state index in [1.807, 2.05) is 0 Å². The van der Waals surface area contributed by atoms with Gasteiger partial charge in [0.05, 0.1) is 16.6 Å². The van der Waals surface area contributed by atoms with Crippen molar-refractivity contribution in [2.75, 3.05) is 13.1 Å². The van der Waals surface area contributed by atoms with Gasteiger partial charge in [-0.05, 0) is 49.2 Å². The number of piperidine rings is 1. The van der Waals surface area contributed by atoms with Crippen LogP contribution < -0.4 is 11.1 Å². The van der Waals surface area contributed by atoms with Crippen LogP contribution in [0.25, 0.3) is 16.6 Å². The van der Waals surface area contributed by atoms with Gasteiger partial charge in [0.1, 0.15) is 11.1 Å². The van der Waals surface area contributed by atoms with Crippen LogP contribution in [-0.2, 0) is 5.60 Å². The second-order valence-corrected chi connectivity index (χ2v) is 6.63. The van der Waals surface area contributed by atoms with Gasteiger partial charge in [-0.3, -0.25) is 4.79 Å². The summed E-state index contributed by atoms with van der Waals surface area (Å²) < 4.78 is 15.9. The lowest BCUT2D eigenvalue weighted by molar-refractivity contribution is 0.0123. The van der Waals surface area contributed by atoms with E-state index in [1.165, 1.54) is 6.07 Å². The number of halogens is 1. The van der Waals surface area contributed by atoms with Gasteiger partial charge in [-0.1, -0.05) is 18.2 Å². The van der Waals surface area contributed by atoms with Crippen LogP contribution in [-0.4, -0.2) is 33.9 Å². The van der Waals surface area contributed by atoms with E-state index in [4.69, 9.17) is 5.73 Å². The Hall–Kier alpha value is -2.77. The van der Waals surface area contributed by atoms with Crippen molar-refractivity contribution in [1.29, 1.82) is 0 Å². The molecule has 1 saturated heterocycles. The number of nitrogens with one attached hydrogen (secondary N) is 1. The SMILES string of the molecule is NC(=O)c1cccc2c(F)n(-c3ccc(C4(O)CCCNC4)cc3)nc12. The lowest BCUT2D eigenvalue weighted by atomic mass is 9.86. The Kier molecular flexibility index (Phi) is 3.97. The molecule has 0 spiro atoms. The Morgan fingerprint density at radius 1 is 1.27 bits per heavy atom. The summed E-state index contributed by atoms with van der Waals surface area (Å²) in [6.07, 6.45) is 1.58. The summed E-state index contributed by atoms with van der Waals surface area (Å²) in [5.41, 5.74) is 6.14. The molecule has 1 fully saturated rings. The van der Waals surface area contributed by atoms with Crippen LogP contribution in [0.3, 0.4) is 0 Å². The minimum Gasteiger partial charge on any atom is -0.384 e. The van der Waals surface area contributed by atoms with Crippen LogP contribution in [0.1, 0.15) is 28.8 Å². The maximum absolute atomic E-state index is 14.8. The molecule has 1 aliphatic heterocycles. The van der Waals surface area contributed by atoms with E-state index >= 15 is 0 Å². The Morgan fingerprint density at radius 2 is 2.04 bits per heavy atom. The highest BCUT2D eigenvalue weighted by atomic mass is 19.1. The van der Waals surface area contributed by atoms with E-state index in [2.05, 4.69) is 10.4 Å². The molecule has 1 aromatic heterocycles. The van der Waals surface area contributed by atoms with Crippen LogP contribution in [0.15, 0.2) is 42.5 Å². The first-order valence-electron chi connectivity index (χ1n) is 8.51. The molecule has 1 unspecified atom stereocenters. The van der Waals surface area contributed by atoms with Crippen molar-refractivity contribution < 1.29 is 14.3 Å². The van der Waals surface area contributed by atoms with Gasteiger partial charge in [0.25, 0.3) is 5.91 Å². The van der Waals surface area contributed by atoms with Crippen molar-refractivity contribution in [2.45, 2.75) is 18.4 Å². The van der Waals surface area contributed by atoms with Crippen LogP contribution in [0, 0.1) is 5.95 Å². The van der Waals surface area contributed by atoms with Gasteiger partial charge in [-0.15, -0.1) is 0 Å². The second-order valence-electron chi connectivity index (χ2n) is 6.63. The predicted molar refractivity (Wildman–Crippen MR) is 95.5 cm³/mol. The molecule has 1 atom stereocenters. The number of aliphatic hydroxyl groups is 1. The lowest BCUT2D eigenvalue weighted by Crippen LogP contribution is -2.43. The number of carbonyl (C=O) groups excluding carboxylic acids is 1. The zero-order valence-corrected chi connectivity index (χ0v) is 14.1. The number of fused-ring (bicyclic) bond motifs is 1. The molecule has 4 rings (SSSR count). The molecule has 6 nitrogen and oxygen atoms in total. The number of amides is 1. The molecule has 1 aliphatic rings. The molecule has 0 bridgehead atoms. The van der Waals surface area contributed by atoms with E-state index < -0.39 is 17.5 Å². The quantitative estimate of drug-likeness (QED) is 0.669. The number of aromatic nitrogens is 2. The number of hydrogen-bond donors (Lipinski definition) is 3. The molecule has 2 heterocycles. The van der Waals surface area contributed by atoms with Gasteiger partial charge in [-0.2, -0.15) is 9.49 Å².